The molecule has 0 aliphatic rings. The molecular formula is C21H19ClN2O2S. The highest BCUT2D eigenvalue weighted by atomic mass is 35.5. The number of likely N-dealkylation sites (N-methyl/N-ethyl adjacent to an activating group) is 1. The maximum atomic E-state index is 12.3. The first kappa shape index (κ1) is 19.3. The number of fused-ring (bicyclic) bond motifs is 1. The third-order valence-electron chi connectivity index (χ3n) is 4.06. The van der Waals surface area contributed by atoms with Crippen LogP contribution in [0.15, 0.2) is 65.6 Å². The summed E-state index contributed by atoms with van der Waals surface area (Å²) < 4.78 is 0. The van der Waals surface area contributed by atoms with Crippen LogP contribution in [0.3, 0.4) is 0 Å². The Balaban J connectivity index is 1.61. The van der Waals surface area contributed by atoms with Crippen LogP contribution in [0.25, 0.3) is 10.8 Å². The number of carbonyl (C=O) groups is 2. The average Bonchev–Trinajstić information content (AvgIpc) is 2.68. The zero-order valence-electron chi connectivity index (χ0n) is 14.8. The van der Waals surface area contributed by atoms with Gasteiger partial charge in [0, 0.05) is 28.0 Å². The molecule has 6 heteroatoms. The normalized spacial score (nSPS) is 10.6. The Labute approximate surface area is 167 Å². The molecule has 3 aromatic rings. The van der Waals surface area contributed by atoms with E-state index in [-0.39, 0.29) is 17.6 Å². The molecule has 0 bridgehead atoms. The number of anilines is 1. The van der Waals surface area contributed by atoms with Crippen LogP contribution in [0.2, 0.25) is 5.02 Å². The minimum atomic E-state index is -0.0943. The van der Waals surface area contributed by atoms with Gasteiger partial charge in [0.1, 0.15) is 0 Å². The summed E-state index contributed by atoms with van der Waals surface area (Å²) in [5, 5.41) is 8.17. The van der Waals surface area contributed by atoms with E-state index < -0.39 is 0 Å². The second kappa shape index (κ2) is 8.93. The fourth-order valence-electron chi connectivity index (χ4n) is 2.70. The number of carbonyl (C=O) groups excluding carboxylic acids is 2. The van der Waals surface area contributed by atoms with Crippen molar-refractivity contribution in [3.8, 4) is 0 Å². The van der Waals surface area contributed by atoms with Gasteiger partial charge in [-0.15, -0.1) is 11.8 Å². The molecular weight excluding hydrogens is 380 g/mol. The molecule has 4 nitrogen and oxygen atoms in total. The lowest BCUT2D eigenvalue weighted by Crippen LogP contribution is -2.20. The van der Waals surface area contributed by atoms with Crippen molar-refractivity contribution in [2.45, 2.75) is 11.3 Å². The van der Waals surface area contributed by atoms with Crippen LogP contribution >= 0.6 is 23.4 Å². The quantitative estimate of drug-likeness (QED) is 0.600. The van der Waals surface area contributed by atoms with E-state index in [0.29, 0.717) is 17.1 Å². The Bertz CT molecular complexity index is 968. The average molecular weight is 399 g/mol. The largest absolute Gasteiger partial charge is 0.359 e. The molecule has 138 valence electrons. The smallest absolute Gasteiger partial charge is 0.234 e. The maximum Gasteiger partial charge on any atom is 0.234 e. The second-order valence-electron chi connectivity index (χ2n) is 5.98. The summed E-state index contributed by atoms with van der Waals surface area (Å²) >= 11 is 7.78. The summed E-state index contributed by atoms with van der Waals surface area (Å²) in [6.45, 7) is 0. The lowest BCUT2D eigenvalue weighted by molar-refractivity contribution is -0.120. The third kappa shape index (κ3) is 5.02. The fourth-order valence-corrected chi connectivity index (χ4v) is 3.95. The Morgan fingerprint density at radius 3 is 2.37 bits per heavy atom. The monoisotopic (exact) mass is 398 g/mol. The van der Waals surface area contributed by atoms with E-state index in [1.165, 1.54) is 11.8 Å². The Hall–Kier alpha value is -2.50. The van der Waals surface area contributed by atoms with Crippen molar-refractivity contribution in [2.24, 2.45) is 0 Å². The molecule has 2 amide bonds. The lowest BCUT2D eigenvalue weighted by atomic mass is 10.1. The number of hydrogen-bond acceptors (Lipinski definition) is 3. The zero-order chi connectivity index (χ0) is 19.2. The Kier molecular flexibility index (Phi) is 6.37. The van der Waals surface area contributed by atoms with E-state index in [4.69, 9.17) is 11.6 Å². The Morgan fingerprint density at radius 2 is 1.67 bits per heavy atom. The van der Waals surface area contributed by atoms with Gasteiger partial charge < -0.3 is 10.6 Å². The molecule has 0 radical (unpaired) electrons. The van der Waals surface area contributed by atoms with Gasteiger partial charge in [0.25, 0.3) is 0 Å². The molecule has 0 heterocycles. The minimum Gasteiger partial charge on any atom is -0.359 e. The molecule has 0 unspecified atom stereocenters. The first-order valence-electron chi connectivity index (χ1n) is 8.46. The van der Waals surface area contributed by atoms with E-state index in [1.54, 1.807) is 19.2 Å². The van der Waals surface area contributed by atoms with Gasteiger partial charge >= 0.3 is 0 Å². The standard InChI is InChI=1S/C21H19ClN2O2S/c1-23-19(25)12-14-8-10-16(11-9-14)24-20(26)13-27-18-7-3-5-15-4-2-6-17(22)21(15)18/h2-11H,12-13H2,1H3,(H,23,25)(H,24,26). The summed E-state index contributed by atoms with van der Waals surface area (Å²) in [6, 6.07) is 19.0. The van der Waals surface area contributed by atoms with Crippen molar-refractivity contribution < 1.29 is 9.59 Å². The van der Waals surface area contributed by atoms with Gasteiger partial charge in [-0.25, -0.2) is 0 Å². The van der Waals surface area contributed by atoms with Crippen LogP contribution < -0.4 is 10.6 Å². The lowest BCUT2D eigenvalue weighted by Gasteiger charge is -2.09. The number of amides is 2. The summed E-state index contributed by atoms with van der Waals surface area (Å²) in [7, 11) is 1.61. The van der Waals surface area contributed by atoms with E-state index in [9.17, 15) is 9.59 Å². The molecule has 3 rings (SSSR count). The SMILES string of the molecule is CNC(=O)Cc1ccc(NC(=O)CSc2cccc3cccc(Cl)c23)cc1. The summed E-state index contributed by atoms with van der Waals surface area (Å²) in [6.07, 6.45) is 0.322. The van der Waals surface area contributed by atoms with Gasteiger partial charge in [-0.1, -0.05) is 48.0 Å². The second-order valence-corrected chi connectivity index (χ2v) is 7.40. The number of nitrogens with one attached hydrogen (secondary N) is 2. The van der Waals surface area contributed by atoms with Crippen LogP contribution in [-0.2, 0) is 16.0 Å². The molecule has 27 heavy (non-hydrogen) atoms. The van der Waals surface area contributed by atoms with Crippen molar-refractivity contribution in [3.05, 3.63) is 71.2 Å². The molecule has 0 aliphatic carbocycles. The fraction of sp³-hybridized carbons (Fsp3) is 0.143. The van der Waals surface area contributed by atoms with Crippen molar-refractivity contribution in [1.82, 2.24) is 5.32 Å². The van der Waals surface area contributed by atoms with Crippen molar-refractivity contribution in [1.29, 1.82) is 0 Å². The van der Waals surface area contributed by atoms with Gasteiger partial charge in [0.15, 0.2) is 0 Å². The molecule has 0 saturated carbocycles. The van der Waals surface area contributed by atoms with Gasteiger partial charge in [-0.05, 0) is 35.2 Å². The van der Waals surface area contributed by atoms with Crippen molar-refractivity contribution in [3.63, 3.8) is 0 Å². The maximum absolute atomic E-state index is 12.3. The molecule has 0 atom stereocenters. The number of halogens is 1. The highest BCUT2D eigenvalue weighted by Gasteiger charge is 2.09. The van der Waals surface area contributed by atoms with Crippen LogP contribution in [0, 0.1) is 0 Å². The van der Waals surface area contributed by atoms with Crippen LogP contribution in [0.5, 0.6) is 0 Å². The Morgan fingerprint density at radius 1 is 0.963 bits per heavy atom. The molecule has 0 saturated heterocycles. The molecule has 0 fully saturated rings. The summed E-state index contributed by atoms with van der Waals surface area (Å²) in [5.74, 6) is 0.143. The molecule has 0 aromatic heterocycles. The van der Waals surface area contributed by atoms with Crippen LogP contribution in [0.4, 0.5) is 5.69 Å². The van der Waals surface area contributed by atoms with E-state index in [0.717, 1.165) is 21.2 Å². The minimum absolute atomic E-state index is 0.0445. The number of benzene rings is 3. The summed E-state index contributed by atoms with van der Waals surface area (Å²) in [4.78, 5) is 24.7. The molecule has 0 spiro atoms. The topological polar surface area (TPSA) is 58.2 Å². The zero-order valence-corrected chi connectivity index (χ0v) is 16.4. The van der Waals surface area contributed by atoms with Gasteiger partial charge in [-0.3, -0.25) is 9.59 Å². The predicted molar refractivity (Wildman–Crippen MR) is 113 cm³/mol. The van der Waals surface area contributed by atoms with Crippen LogP contribution in [-0.4, -0.2) is 24.6 Å². The molecule has 2 N–H and O–H groups in total. The highest BCUT2D eigenvalue weighted by Crippen LogP contribution is 2.33. The van der Waals surface area contributed by atoms with E-state index in [1.807, 2.05) is 48.5 Å². The first-order valence-corrected chi connectivity index (χ1v) is 9.82. The third-order valence-corrected chi connectivity index (χ3v) is 5.43. The summed E-state index contributed by atoms with van der Waals surface area (Å²) in [5.41, 5.74) is 1.60. The van der Waals surface area contributed by atoms with Gasteiger partial charge in [-0.2, -0.15) is 0 Å². The van der Waals surface area contributed by atoms with Gasteiger partial charge in [0.2, 0.25) is 11.8 Å². The van der Waals surface area contributed by atoms with Crippen molar-refractivity contribution in [2.75, 3.05) is 18.1 Å². The van der Waals surface area contributed by atoms with Gasteiger partial charge in [0.05, 0.1) is 12.2 Å². The number of rotatable bonds is 6. The van der Waals surface area contributed by atoms with Crippen LogP contribution in [0.1, 0.15) is 5.56 Å². The van der Waals surface area contributed by atoms with Crippen molar-refractivity contribution >= 4 is 51.6 Å². The molecule has 3 aromatic carbocycles. The first-order chi connectivity index (χ1) is 13.1. The molecule has 0 aliphatic heterocycles. The predicted octanol–water partition coefficient (Wildman–Crippen LogP) is 4.51. The number of thioether (sulfide) groups is 1. The number of hydrogen-bond donors (Lipinski definition) is 2. The van der Waals surface area contributed by atoms with E-state index in [2.05, 4.69) is 10.6 Å². The van der Waals surface area contributed by atoms with E-state index >= 15 is 0 Å². The highest BCUT2D eigenvalue weighted by molar-refractivity contribution is 8.00.